The summed E-state index contributed by atoms with van der Waals surface area (Å²) < 4.78 is 1.07. The fraction of sp³-hybridized carbons (Fsp3) is 0.643. The molecular weight excluding hydrogens is 276 g/mol. The van der Waals surface area contributed by atoms with Crippen molar-refractivity contribution in [2.45, 2.75) is 46.1 Å². The number of nitrogens with one attached hydrogen (secondary N) is 1. The van der Waals surface area contributed by atoms with E-state index in [0.29, 0.717) is 6.04 Å². The predicted octanol–water partition coefficient (Wildman–Crippen LogP) is 3.80. The largest absolute Gasteiger partial charge is 0.314 e. The van der Waals surface area contributed by atoms with Crippen molar-refractivity contribution in [1.82, 2.24) is 10.3 Å². The van der Waals surface area contributed by atoms with Gasteiger partial charge in [0.25, 0.3) is 0 Å². The summed E-state index contributed by atoms with van der Waals surface area (Å²) in [5.74, 6) is 0.750. The number of aryl methyl sites for hydroxylation is 1. The van der Waals surface area contributed by atoms with Gasteiger partial charge in [0, 0.05) is 22.9 Å². The Hall–Kier alpha value is -0.410. The van der Waals surface area contributed by atoms with Gasteiger partial charge in [-0.25, -0.2) is 0 Å². The van der Waals surface area contributed by atoms with Crippen LogP contribution in [-0.4, -0.2) is 17.6 Å². The lowest BCUT2D eigenvalue weighted by molar-refractivity contribution is 0.405. The van der Waals surface area contributed by atoms with E-state index in [1.807, 2.05) is 12.4 Å². The SMILES string of the molecule is CCNC(CCc1cncc(Br)c1)CC(C)C. The summed E-state index contributed by atoms with van der Waals surface area (Å²) in [6.45, 7) is 7.79. The monoisotopic (exact) mass is 298 g/mol. The van der Waals surface area contributed by atoms with Crippen molar-refractivity contribution in [2.24, 2.45) is 5.92 Å². The van der Waals surface area contributed by atoms with Gasteiger partial charge in [0.1, 0.15) is 0 Å². The van der Waals surface area contributed by atoms with E-state index < -0.39 is 0 Å². The summed E-state index contributed by atoms with van der Waals surface area (Å²) >= 11 is 3.46. The van der Waals surface area contributed by atoms with Gasteiger partial charge in [-0.1, -0.05) is 20.8 Å². The number of hydrogen-bond donors (Lipinski definition) is 1. The molecule has 17 heavy (non-hydrogen) atoms. The van der Waals surface area contributed by atoms with Crippen molar-refractivity contribution in [3.63, 3.8) is 0 Å². The van der Waals surface area contributed by atoms with Crippen molar-refractivity contribution in [3.8, 4) is 0 Å². The van der Waals surface area contributed by atoms with E-state index in [9.17, 15) is 0 Å². The third kappa shape index (κ3) is 6.18. The molecule has 0 bridgehead atoms. The standard InChI is InChI=1S/C14H23BrN2/c1-4-17-14(7-11(2)3)6-5-12-8-13(15)10-16-9-12/h8-11,14,17H,4-7H2,1-3H3. The quantitative estimate of drug-likeness (QED) is 0.828. The van der Waals surface area contributed by atoms with Crippen LogP contribution in [0.2, 0.25) is 0 Å². The summed E-state index contributed by atoms with van der Waals surface area (Å²) in [5.41, 5.74) is 1.31. The first-order valence-corrected chi connectivity index (χ1v) is 7.24. The van der Waals surface area contributed by atoms with Gasteiger partial charge >= 0.3 is 0 Å². The number of aromatic nitrogens is 1. The average Bonchev–Trinajstić information content (AvgIpc) is 2.26. The van der Waals surface area contributed by atoms with Crippen LogP contribution in [0.3, 0.4) is 0 Å². The van der Waals surface area contributed by atoms with Crippen molar-refractivity contribution in [1.29, 1.82) is 0 Å². The van der Waals surface area contributed by atoms with E-state index in [4.69, 9.17) is 0 Å². The maximum Gasteiger partial charge on any atom is 0.0410 e. The summed E-state index contributed by atoms with van der Waals surface area (Å²) in [4.78, 5) is 4.20. The van der Waals surface area contributed by atoms with Crippen LogP contribution in [0.5, 0.6) is 0 Å². The Morgan fingerprint density at radius 2 is 2.12 bits per heavy atom. The minimum atomic E-state index is 0.624. The average molecular weight is 299 g/mol. The Morgan fingerprint density at radius 3 is 2.71 bits per heavy atom. The smallest absolute Gasteiger partial charge is 0.0410 e. The van der Waals surface area contributed by atoms with Gasteiger partial charge in [0.2, 0.25) is 0 Å². The Bertz CT molecular complexity index is 326. The van der Waals surface area contributed by atoms with Crippen molar-refractivity contribution >= 4 is 15.9 Å². The molecule has 1 unspecified atom stereocenters. The first-order valence-electron chi connectivity index (χ1n) is 6.44. The normalized spacial score (nSPS) is 13.0. The second-order valence-corrected chi connectivity index (χ2v) is 5.85. The highest BCUT2D eigenvalue weighted by Crippen LogP contribution is 2.14. The maximum atomic E-state index is 4.20. The first kappa shape index (κ1) is 14.7. The zero-order valence-electron chi connectivity index (χ0n) is 11.0. The summed E-state index contributed by atoms with van der Waals surface area (Å²) in [6, 6.07) is 2.78. The van der Waals surface area contributed by atoms with Crippen LogP contribution < -0.4 is 5.32 Å². The van der Waals surface area contributed by atoms with Gasteiger partial charge in [0.05, 0.1) is 0 Å². The molecule has 0 aliphatic carbocycles. The predicted molar refractivity (Wildman–Crippen MR) is 77.2 cm³/mol. The zero-order chi connectivity index (χ0) is 12.7. The van der Waals surface area contributed by atoms with Crippen LogP contribution in [0.25, 0.3) is 0 Å². The number of nitrogens with zero attached hydrogens (tertiary/aromatic N) is 1. The van der Waals surface area contributed by atoms with E-state index in [1.165, 1.54) is 18.4 Å². The molecule has 1 atom stereocenters. The third-order valence-corrected chi connectivity index (χ3v) is 3.23. The lowest BCUT2D eigenvalue weighted by Crippen LogP contribution is -2.30. The van der Waals surface area contributed by atoms with Crippen LogP contribution in [0.15, 0.2) is 22.9 Å². The highest BCUT2D eigenvalue weighted by Gasteiger charge is 2.09. The van der Waals surface area contributed by atoms with Crippen molar-refractivity contribution in [3.05, 3.63) is 28.5 Å². The zero-order valence-corrected chi connectivity index (χ0v) is 12.6. The van der Waals surface area contributed by atoms with Crippen molar-refractivity contribution in [2.75, 3.05) is 6.54 Å². The van der Waals surface area contributed by atoms with Gasteiger partial charge in [-0.05, 0) is 59.3 Å². The molecule has 0 aliphatic rings. The molecule has 1 aromatic rings. The van der Waals surface area contributed by atoms with E-state index in [2.05, 4.69) is 53.1 Å². The fourth-order valence-corrected chi connectivity index (χ4v) is 2.51. The Labute approximate surface area is 113 Å². The van der Waals surface area contributed by atoms with Crippen LogP contribution >= 0.6 is 15.9 Å². The van der Waals surface area contributed by atoms with E-state index in [0.717, 1.165) is 23.4 Å². The highest BCUT2D eigenvalue weighted by atomic mass is 79.9. The van der Waals surface area contributed by atoms with E-state index in [-0.39, 0.29) is 0 Å². The number of hydrogen-bond acceptors (Lipinski definition) is 2. The Balaban J connectivity index is 2.45. The van der Waals surface area contributed by atoms with Crippen molar-refractivity contribution < 1.29 is 0 Å². The molecule has 0 saturated heterocycles. The first-order chi connectivity index (χ1) is 8.11. The second kappa shape index (κ2) is 7.83. The van der Waals surface area contributed by atoms with Crippen LogP contribution in [0.4, 0.5) is 0 Å². The topological polar surface area (TPSA) is 24.9 Å². The minimum Gasteiger partial charge on any atom is -0.314 e. The number of halogens is 1. The highest BCUT2D eigenvalue weighted by molar-refractivity contribution is 9.10. The van der Waals surface area contributed by atoms with Crippen LogP contribution in [0, 0.1) is 5.92 Å². The molecular formula is C14H23BrN2. The molecule has 1 N–H and O–H groups in total. The van der Waals surface area contributed by atoms with Gasteiger partial charge in [-0.15, -0.1) is 0 Å². The van der Waals surface area contributed by atoms with Gasteiger partial charge < -0.3 is 5.32 Å². The molecule has 0 amide bonds. The van der Waals surface area contributed by atoms with E-state index in [1.54, 1.807) is 0 Å². The van der Waals surface area contributed by atoms with Crippen LogP contribution in [0.1, 0.15) is 39.2 Å². The molecule has 96 valence electrons. The van der Waals surface area contributed by atoms with Gasteiger partial charge in [-0.2, -0.15) is 0 Å². The molecule has 0 radical (unpaired) electrons. The molecule has 2 nitrogen and oxygen atoms in total. The lowest BCUT2D eigenvalue weighted by atomic mass is 9.98. The molecule has 1 heterocycles. The third-order valence-electron chi connectivity index (χ3n) is 2.79. The molecule has 0 spiro atoms. The number of rotatable bonds is 7. The fourth-order valence-electron chi connectivity index (χ4n) is 2.09. The van der Waals surface area contributed by atoms with Crippen LogP contribution in [-0.2, 0) is 6.42 Å². The second-order valence-electron chi connectivity index (χ2n) is 4.93. The molecule has 1 aromatic heterocycles. The maximum absolute atomic E-state index is 4.20. The number of pyridine rings is 1. The minimum absolute atomic E-state index is 0.624. The van der Waals surface area contributed by atoms with Gasteiger partial charge in [-0.3, -0.25) is 4.98 Å². The summed E-state index contributed by atoms with van der Waals surface area (Å²) in [7, 11) is 0. The summed E-state index contributed by atoms with van der Waals surface area (Å²) in [5, 5.41) is 3.57. The molecule has 0 aliphatic heterocycles. The molecule has 0 fully saturated rings. The molecule has 0 saturated carbocycles. The lowest BCUT2D eigenvalue weighted by Gasteiger charge is -2.19. The summed E-state index contributed by atoms with van der Waals surface area (Å²) in [6.07, 6.45) is 7.32. The van der Waals surface area contributed by atoms with E-state index >= 15 is 0 Å². The Morgan fingerprint density at radius 1 is 1.35 bits per heavy atom. The molecule has 3 heteroatoms. The van der Waals surface area contributed by atoms with Gasteiger partial charge in [0.15, 0.2) is 0 Å². The molecule has 0 aromatic carbocycles. The molecule has 1 rings (SSSR count). The Kier molecular flexibility index (Phi) is 6.75.